The lowest BCUT2D eigenvalue weighted by molar-refractivity contribution is 0.0929. The van der Waals surface area contributed by atoms with Crippen molar-refractivity contribution < 1.29 is 14.0 Å². The van der Waals surface area contributed by atoms with Crippen LogP contribution in [-0.2, 0) is 12.0 Å². The lowest BCUT2D eigenvalue weighted by Gasteiger charge is -2.19. The molecule has 2 heterocycles. The zero-order chi connectivity index (χ0) is 26.2. The number of fused-ring (bicyclic) bond motifs is 1. The summed E-state index contributed by atoms with van der Waals surface area (Å²) in [7, 11) is 0. The van der Waals surface area contributed by atoms with Crippen LogP contribution in [0.2, 0.25) is 0 Å². The summed E-state index contributed by atoms with van der Waals surface area (Å²) >= 11 is 0. The molecule has 0 saturated heterocycles. The number of nitrogens with zero attached hydrogens (tertiary/aromatic N) is 5. The van der Waals surface area contributed by atoms with Crippen molar-refractivity contribution in [2.24, 2.45) is 0 Å². The van der Waals surface area contributed by atoms with E-state index >= 15 is 0 Å². The fraction of sp³-hybridized carbons (Fsp3) is 0.269. The van der Waals surface area contributed by atoms with Gasteiger partial charge in [0.15, 0.2) is 0 Å². The highest BCUT2D eigenvalue weighted by atomic mass is 19.1. The maximum atomic E-state index is 13.5. The average Bonchev–Trinajstić information content (AvgIpc) is 3.51. The molecule has 0 unspecified atom stereocenters. The first-order valence-corrected chi connectivity index (χ1v) is 11.8. The molecule has 0 radical (unpaired) electrons. The number of benzene rings is 2. The second-order valence-corrected chi connectivity index (χ2v) is 9.71. The number of hydrogen-bond donors (Lipinski definition) is 3. The molecule has 2 aromatic carbocycles. The molecule has 1 aliphatic rings. The van der Waals surface area contributed by atoms with E-state index in [1.54, 1.807) is 19.1 Å². The predicted octanol–water partition coefficient (Wildman–Crippen LogP) is 3.19. The van der Waals surface area contributed by atoms with E-state index < -0.39 is 11.8 Å². The molecule has 1 aliphatic carbocycles. The number of H-pyrrole nitrogens is 1. The van der Waals surface area contributed by atoms with Crippen LogP contribution in [-0.4, -0.2) is 42.4 Å². The van der Waals surface area contributed by atoms with Crippen LogP contribution in [0.3, 0.4) is 0 Å². The molecule has 5 rings (SSSR count). The van der Waals surface area contributed by atoms with Gasteiger partial charge in [-0.15, -0.1) is 10.2 Å². The lowest BCUT2D eigenvalue weighted by Crippen LogP contribution is -2.30. The Morgan fingerprint density at radius 1 is 1.08 bits per heavy atom. The number of aromatic nitrogens is 6. The minimum absolute atomic E-state index is 0.0656. The molecule has 4 aromatic rings. The quantitative estimate of drug-likeness (QED) is 0.370. The maximum absolute atomic E-state index is 13.5. The third kappa shape index (κ3) is 4.92. The van der Waals surface area contributed by atoms with E-state index in [9.17, 15) is 14.0 Å². The Kier molecular flexibility index (Phi) is 6.20. The summed E-state index contributed by atoms with van der Waals surface area (Å²) in [5.41, 5.74) is 4.16. The van der Waals surface area contributed by atoms with Gasteiger partial charge in [0.05, 0.1) is 6.04 Å². The number of halogens is 1. The highest BCUT2D eigenvalue weighted by Gasteiger charge is 2.38. The van der Waals surface area contributed by atoms with Crippen molar-refractivity contribution in [2.75, 3.05) is 0 Å². The van der Waals surface area contributed by atoms with Gasteiger partial charge < -0.3 is 10.6 Å². The standard InChI is InChI=1S/C26H25FN8O2/c1-14-8-15(4-7-19(14)27)12-28-24(36)20-10-21(30-13-29-20)25(37)31-22-11-26(2,3)18-9-16(5-6-17(18)22)23-32-34-35-33-23/h4-10,13,22H,11-12H2,1-3H3,(H,28,36)(H,31,37)(H,32,33,34,35)/t22-/m0/s1. The summed E-state index contributed by atoms with van der Waals surface area (Å²) in [6.07, 6.45) is 1.88. The van der Waals surface area contributed by atoms with Gasteiger partial charge in [0.1, 0.15) is 23.5 Å². The fourth-order valence-electron chi connectivity index (χ4n) is 4.66. The highest BCUT2D eigenvalue weighted by Crippen LogP contribution is 2.45. The zero-order valence-corrected chi connectivity index (χ0v) is 20.5. The first-order chi connectivity index (χ1) is 17.7. The summed E-state index contributed by atoms with van der Waals surface area (Å²) in [5.74, 6) is -0.657. The van der Waals surface area contributed by atoms with Crippen molar-refractivity contribution in [1.29, 1.82) is 0 Å². The predicted molar refractivity (Wildman–Crippen MR) is 132 cm³/mol. The molecule has 188 valence electrons. The molecule has 1 atom stereocenters. The van der Waals surface area contributed by atoms with Crippen LogP contribution in [0.15, 0.2) is 48.8 Å². The van der Waals surface area contributed by atoms with Gasteiger partial charge in [-0.3, -0.25) is 9.59 Å². The number of tetrazole rings is 1. The van der Waals surface area contributed by atoms with E-state index in [2.05, 4.69) is 55.1 Å². The van der Waals surface area contributed by atoms with Crippen molar-refractivity contribution in [3.63, 3.8) is 0 Å². The molecule has 3 N–H and O–H groups in total. The summed E-state index contributed by atoms with van der Waals surface area (Å²) in [6, 6.07) is 11.7. The number of rotatable bonds is 6. The van der Waals surface area contributed by atoms with E-state index in [1.807, 2.05) is 18.2 Å². The molecular weight excluding hydrogens is 475 g/mol. The van der Waals surface area contributed by atoms with Crippen LogP contribution in [0, 0.1) is 12.7 Å². The Morgan fingerprint density at radius 2 is 1.86 bits per heavy atom. The Morgan fingerprint density at radius 3 is 2.59 bits per heavy atom. The molecule has 11 heteroatoms. The topological polar surface area (TPSA) is 138 Å². The Bertz CT molecular complexity index is 1490. The van der Waals surface area contributed by atoms with Gasteiger partial charge >= 0.3 is 0 Å². The number of amides is 2. The Balaban J connectivity index is 1.29. The van der Waals surface area contributed by atoms with Gasteiger partial charge in [-0.25, -0.2) is 14.4 Å². The highest BCUT2D eigenvalue weighted by molar-refractivity contribution is 5.97. The molecule has 2 aromatic heterocycles. The van der Waals surface area contributed by atoms with E-state index in [-0.39, 0.29) is 35.2 Å². The summed E-state index contributed by atoms with van der Waals surface area (Å²) in [6.45, 7) is 6.10. The maximum Gasteiger partial charge on any atom is 0.270 e. The van der Waals surface area contributed by atoms with Crippen LogP contribution in [0.4, 0.5) is 4.39 Å². The van der Waals surface area contributed by atoms with Crippen LogP contribution in [0.5, 0.6) is 0 Å². The van der Waals surface area contributed by atoms with Gasteiger partial charge in [0.25, 0.3) is 11.8 Å². The molecule has 0 fully saturated rings. The number of carbonyl (C=O) groups excluding carboxylic acids is 2. The first-order valence-electron chi connectivity index (χ1n) is 11.8. The van der Waals surface area contributed by atoms with Crippen LogP contribution in [0.25, 0.3) is 11.4 Å². The third-order valence-electron chi connectivity index (χ3n) is 6.59. The normalized spacial score (nSPS) is 15.7. The molecule has 0 spiro atoms. The average molecular weight is 501 g/mol. The van der Waals surface area contributed by atoms with Gasteiger partial charge in [-0.1, -0.05) is 38.1 Å². The van der Waals surface area contributed by atoms with Crippen LogP contribution < -0.4 is 10.6 Å². The largest absolute Gasteiger partial charge is 0.347 e. The minimum atomic E-state index is -0.459. The summed E-state index contributed by atoms with van der Waals surface area (Å²) in [4.78, 5) is 33.8. The number of aryl methyl sites for hydroxylation is 1. The number of aromatic amines is 1. The van der Waals surface area contributed by atoms with Gasteiger partial charge in [0, 0.05) is 18.2 Å². The molecule has 37 heavy (non-hydrogen) atoms. The van der Waals surface area contributed by atoms with E-state index in [1.165, 1.54) is 18.5 Å². The van der Waals surface area contributed by atoms with Crippen LogP contribution in [0.1, 0.15) is 69.5 Å². The molecule has 0 bridgehead atoms. The van der Waals surface area contributed by atoms with Gasteiger partial charge in [-0.05, 0) is 58.4 Å². The van der Waals surface area contributed by atoms with Crippen molar-refractivity contribution in [1.82, 2.24) is 41.2 Å². The van der Waals surface area contributed by atoms with Gasteiger partial charge in [-0.2, -0.15) is 5.21 Å². The second kappa shape index (κ2) is 9.49. The SMILES string of the molecule is Cc1cc(CNC(=O)c2cc(C(=O)N[C@H]3CC(C)(C)c4cc(-c5nn[nH]n5)ccc43)ncn2)ccc1F. The van der Waals surface area contributed by atoms with Crippen LogP contribution >= 0.6 is 0 Å². The number of hydrogen-bond acceptors (Lipinski definition) is 7. The lowest BCUT2D eigenvalue weighted by atomic mass is 9.85. The Hall–Kier alpha value is -4.54. The molecule has 2 amide bonds. The van der Waals surface area contributed by atoms with Crippen molar-refractivity contribution in [3.05, 3.63) is 88.3 Å². The third-order valence-corrected chi connectivity index (χ3v) is 6.59. The monoisotopic (exact) mass is 500 g/mol. The van der Waals surface area contributed by atoms with E-state index in [4.69, 9.17) is 0 Å². The van der Waals surface area contributed by atoms with E-state index in [0.717, 1.165) is 22.3 Å². The number of nitrogens with one attached hydrogen (secondary N) is 3. The smallest absolute Gasteiger partial charge is 0.270 e. The second-order valence-electron chi connectivity index (χ2n) is 9.71. The summed E-state index contributed by atoms with van der Waals surface area (Å²) in [5, 5.41) is 20.0. The molecule has 0 aliphatic heterocycles. The van der Waals surface area contributed by atoms with E-state index in [0.29, 0.717) is 17.8 Å². The zero-order valence-electron chi connectivity index (χ0n) is 20.5. The van der Waals surface area contributed by atoms with Crippen molar-refractivity contribution >= 4 is 11.8 Å². The Labute approximate surface area is 212 Å². The molecular formula is C26H25FN8O2. The van der Waals surface area contributed by atoms with Crippen molar-refractivity contribution in [2.45, 2.75) is 45.2 Å². The first kappa shape index (κ1) is 24.2. The summed E-state index contributed by atoms with van der Waals surface area (Å²) < 4.78 is 13.5. The van der Waals surface area contributed by atoms with Gasteiger partial charge in [0.2, 0.25) is 5.82 Å². The van der Waals surface area contributed by atoms with Crippen molar-refractivity contribution in [3.8, 4) is 11.4 Å². The molecule has 0 saturated carbocycles. The number of carbonyl (C=O) groups is 2. The minimum Gasteiger partial charge on any atom is -0.347 e. The molecule has 10 nitrogen and oxygen atoms in total. The fourth-order valence-corrected chi connectivity index (χ4v) is 4.66.